The number of amides is 1. The van der Waals surface area contributed by atoms with Gasteiger partial charge in [0.25, 0.3) is 11.7 Å². The fourth-order valence-corrected chi connectivity index (χ4v) is 1.90. The van der Waals surface area contributed by atoms with Gasteiger partial charge < -0.3 is 5.32 Å². The number of aryl methyl sites for hydroxylation is 1. The zero-order valence-corrected chi connectivity index (χ0v) is 12.1. The van der Waals surface area contributed by atoms with Crippen molar-refractivity contribution in [2.24, 2.45) is 0 Å². The molecule has 0 aromatic heterocycles. The van der Waals surface area contributed by atoms with E-state index in [0.717, 1.165) is 5.56 Å². The molecular formula is C15H11Cl2NO2. The molecule has 0 spiro atoms. The van der Waals surface area contributed by atoms with Gasteiger partial charge in [0.1, 0.15) is 0 Å². The molecule has 5 heteroatoms. The minimum atomic E-state index is -0.716. The van der Waals surface area contributed by atoms with Crippen LogP contribution in [0, 0.1) is 6.92 Å². The lowest BCUT2D eigenvalue weighted by Gasteiger charge is -2.06. The summed E-state index contributed by atoms with van der Waals surface area (Å²) in [6.45, 7) is 1.91. The normalized spacial score (nSPS) is 10.2. The molecule has 2 rings (SSSR count). The van der Waals surface area contributed by atoms with E-state index in [9.17, 15) is 9.59 Å². The van der Waals surface area contributed by atoms with Gasteiger partial charge in [0.2, 0.25) is 0 Å². The van der Waals surface area contributed by atoms with Crippen LogP contribution in [0.5, 0.6) is 0 Å². The second-order valence-corrected chi connectivity index (χ2v) is 5.09. The molecule has 0 saturated heterocycles. The van der Waals surface area contributed by atoms with Crippen LogP contribution in [0.2, 0.25) is 10.0 Å². The van der Waals surface area contributed by atoms with Crippen molar-refractivity contribution in [2.45, 2.75) is 6.92 Å². The topological polar surface area (TPSA) is 46.2 Å². The molecule has 0 aliphatic heterocycles. The monoisotopic (exact) mass is 307 g/mol. The van der Waals surface area contributed by atoms with Gasteiger partial charge in [0.15, 0.2) is 0 Å². The van der Waals surface area contributed by atoms with E-state index in [1.165, 1.54) is 6.07 Å². The summed E-state index contributed by atoms with van der Waals surface area (Å²) in [5, 5.41) is 3.19. The van der Waals surface area contributed by atoms with E-state index >= 15 is 0 Å². The lowest BCUT2D eigenvalue weighted by molar-refractivity contribution is -0.112. The first-order valence-electron chi connectivity index (χ1n) is 5.85. The molecule has 0 heterocycles. The van der Waals surface area contributed by atoms with Crippen molar-refractivity contribution in [1.29, 1.82) is 0 Å². The van der Waals surface area contributed by atoms with Crippen molar-refractivity contribution < 1.29 is 9.59 Å². The highest BCUT2D eigenvalue weighted by Gasteiger charge is 2.16. The third-order valence-electron chi connectivity index (χ3n) is 2.70. The minimum Gasteiger partial charge on any atom is -0.319 e. The van der Waals surface area contributed by atoms with Crippen molar-refractivity contribution in [3.8, 4) is 0 Å². The number of ketones is 1. The van der Waals surface area contributed by atoms with Crippen LogP contribution in [0.25, 0.3) is 0 Å². The van der Waals surface area contributed by atoms with Crippen LogP contribution in [0.4, 0.5) is 5.69 Å². The Morgan fingerprint density at radius 1 is 0.950 bits per heavy atom. The molecule has 20 heavy (non-hydrogen) atoms. The fourth-order valence-electron chi connectivity index (χ4n) is 1.60. The molecule has 1 amide bonds. The Morgan fingerprint density at radius 2 is 1.60 bits per heavy atom. The number of halogens is 2. The second-order valence-electron chi connectivity index (χ2n) is 4.28. The van der Waals surface area contributed by atoms with E-state index in [2.05, 4.69) is 5.32 Å². The number of rotatable bonds is 3. The molecule has 0 atom stereocenters. The number of carbonyl (C=O) groups excluding carboxylic acids is 2. The Labute approximate surface area is 126 Å². The summed E-state index contributed by atoms with van der Waals surface area (Å²) in [7, 11) is 0. The van der Waals surface area contributed by atoms with Crippen LogP contribution in [0.1, 0.15) is 15.9 Å². The van der Waals surface area contributed by atoms with Crippen molar-refractivity contribution >= 4 is 40.6 Å². The maximum atomic E-state index is 11.9. The average Bonchev–Trinajstić information content (AvgIpc) is 2.43. The predicted octanol–water partition coefficient (Wildman–Crippen LogP) is 4.12. The highest BCUT2D eigenvalue weighted by Crippen LogP contribution is 2.25. The predicted molar refractivity (Wildman–Crippen MR) is 80.6 cm³/mol. The smallest absolute Gasteiger partial charge is 0.296 e. The summed E-state index contributed by atoms with van der Waals surface area (Å²) in [6.07, 6.45) is 0. The van der Waals surface area contributed by atoms with Crippen molar-refractivity contribution in [3.63, 3.8) is 0 Å². The summed E-state index contributed by atoms with van der Waals surface area (Å²) in [6, 6.07) is 11.4. The molecule has 0 aliphatic carbocycles. The number of nitrogens with one attached hydrogen (secondary N) is 1. The maximum absolute atomic E-state index is 11.9. The second kappa shape index (κ2) is 6.07. The summed E-state index contributed by atoms with van der Waals surface area (Å²) in [5.74, 6) is -1.32. The molecule has 0 saturated carbocycles. The van der Waals surface area contributed by atoms with Crippen LogP contribution in [0.15, 0.2) is 42.5 Å². The summed E-state index contributed by atoms with van der Waals surface area (Å²) in [5.41, 5.74) is 1.78. The van der Waals surface area contributed by atoms with Crippen LogP contribution in [0.3, 0.4) is 0 Å². The lowest BCUT2D eigenvalue weighted by atomic mass is 10.1. The molecule has 102 valence electrons. The molecule has 3 nitrogen and oxygen atoms in total. The number of hydrogen-bond acceptors (Lipinski definition) is 2. The number of anilines is 1. The highest BCUT2D eigenvalue weighted by molar-refractivity contribution is 6.47. The first kappa shape index (κ1) is 14.6. The molecule has 0 radical (unpaired) electrons. The fraction of sp³-hybridized carbons (Fsp3) is 0.0667. The third-order valence-corrected chi connectivity index (χ3v) is 3.44. The van der Waals surface area contributed by atoms with Gasteiger partial charge in [-0.2, -0.15) is 0 Å². The van der Waals surface area contributed by atoms with E-state index < -0.39 is 11.7 Å². The lowest BCUT2D eigenvalue weighted by Crippen LogP contribution is -2.22. The molecule has 2 aromatic rings. The van der Waals surface area contributed by atoms with E-state index in [-0.39, 0.29) is 0 Å². The van der Waals surface area contributed by atoms with Gasteiger partial charge in [-0.05, 0) is 25.1 Å². The molecule has 0 fully saturated rings. The van der Waals surface area contributed by atoms with Crippen molar-refractivity contribution in [3.05, 3.63) is 63.6 Å². The van der Waals surface area contributed by atoms with E-state index in [1.54, 1.807) is 36.4 Å². The van der Waals surface area contributed by atoms with E-state index in [4.69, 9.17) is 23.2 Å². The minimum absolute atomic E-state index is 0.312. The number of Topliss-reactive ketones (excluding diaryl/α,β-unsaturated/α-hetero) is 1. The molecule has 0 aliphatic rings. The van der Waals surface area contributed by atoms with Crippen LogP contribution in [-0.4, -0.2) is 11.7 Å². The largest absolute Gasteiger partial charge is 0.319 e. The highest BCUT2D eigenvalue weighted by atomic mass is 35.5. The van der Waals surface area contributed by atoms with Gasteiger partial charge in [-0.1, -0.05) is 53.0 Å². The Balaban J connectivity index is 2.13. The van der Waals surface area contributed by atoms with Gasteiger partial charge in [-0.3, -0.25) is 9.59 Å². The van der Waals surface area contributed by atoms with Crippen molar-refractivity contribution in [1.82, 2.24) is 0 Å². The Kier molecular flexibility index (Phi) is 4.42. The van der Waals surface area contributed by atoms with Crippen LogP contribution >= 0.6 is 23.2 Å². The molecule has 2 aromatic carbocycles. The SMILES string of the molecule is Cc1ccc(C(=O)C(=O)Nc2ccc(Cl)c(Cl)c2)cc1. The maximum Gasteiger partial charge on any atom is 0.296 e. The van der Waals surface area contributed by atoms with E-state index in [1.807, 2.05) is 6.92 Å². The quantitative estimate of drug-likeness (QED) is 0.684. The number of benzene rings is 2. The first-order chi connectivity index (χ1) is 9.47. The number of hydrogen-bond donors (Lipinski definition) is 1. The molecule has 0 unspecified atom stereocenters. The summed E-state index contributed by atoms with van der Waals surface area (Å²) < 4.78 is 0. The Bertz CT molecular complexity index is 666. The summed E-state index contributed by atoms with van der Waals surface area (Å²) in [4.78, 5) is 23.8. The molecule has 1 N–H and O–H groups in total. The molecule has 0 bridgehead atoms. The number of carbonyl (C=O) groups is 2. The molecular weight excluding hydrogens is 297 g/mol. The zero-order chi connectivity index (χ0) is 14.7. The zero-order valence-electron chi connectivity index (χ0n) is 10.6. The van der Waals surface area contributed by atoms with Crippen LogP contribution < -0.4 is 5.32 Å². The van der Waals surface area contributed by atoms with Gasteiger partial charge >= 0.3 is 0 Å². The summed E-state index contributed by atoms with van der Waals surface area (Å²) >= 11 is 11.6. The standard InChI is InChI=1S/C15H11Cl2NO2/c1-9-2-4-10(5-3-9)14(19)15(20)18-11-6-7-12(16)13(17)8-11/h2-8H,1H3,(H,18,20). The third kappa shape index (κ3) is 3.38. The van der Waals surface area contributed by atoms with E-state index in [0.29, 0.717) is 21.3 Å². The van der Waals surface area contributed by atoms with Gasteiger partial charge in [-0.25, -0.2) is 0 Å². The van der Waals surface area contributed by atoms with Crippen LogP contribution in [-0.2, 0) is 4.79 Å². The Morgan fingerprint density at radius 3 is 2.20 bits per heavy atom. The van der Waals surface area contributed by atoms with Gasteiger partial charge in [0.05, 0.1) is 10.0 Å². The van der Waals surface area contributed by atoms with Crippen molar-refractivity contribution in [2.75, 3.05) is 5.32 Å². The average molecular weight is 308 g/mol. The first-order valence-corrected chi connectivity index (χ1v) is 6.60. The Hall–Kier alpha value is -1.84. The van der Waals surface area contributed by atoms with Gasteiger partial charge in [0, 0.05) is 11.3 Å². The van der Waals surface area contributed by atoms with Gasteiger partial charge in [-0.15, -0.1) is 0 Å².